The Kier molecular flexibility index (Phi) is 9.56. The molecule has 5 aromatic rings. The molecule has 2 aromatic carbocycles. The number of benzene rings is 2. The van der Waals surface area contributed by atoms with Crippen LogP contribution in [0.25, 0.3) is 22.1 Å². The molecule has 3 heterocycles. The third-order valence-electron chi connectivity index (χ3n) is 7.60. The molecular weight excluding hydrogens is 604 g/mol. The minimum Gasteiger partial charge on any atom is -0.494 e. The van der Waals surface area contributed by atoms with E-state index in [2.05, 4.69) is 20.4 Å². The van der Waals surface area contributed by atoms with Crippen LogP contribution in [0, 0.1) is 13.8 Å². The summed E-state index contributed by atoms with van der Waals surface area (Å²) in [7, 11) is 1.52. The summed E-state index contributed by atoms with van der Waals surface area (Å²) in [6, 6.07) is 8.07. The van der Waals surface area contributed by atoms with Gasteiger partial charge in [0.1, 0.15) is 34.1 Å². The van der Waals surface area contributed by atoms with Gasteiger partial charge in [-0.25, -0.2) is 9.97 Å². The third kappa shape index (κ3) is 6.65. The maximum Gasteiger partial charge on any atom is 0.276 e. The number of nitrogens with one attached hydrogen (secondary N) is 1. The van der Waals surface area contributed by atoms with E-state index in [0.717, 1.165) is 5.52 Å². The van der Waals surface area contributed by atoms with Crippen molar-refractivity contribution >= 4 is 45.7 Å². The number of aromatic nitrogens is 6. The first-order valence-electron chi connectivity index (χ1n) is 15.1. The number of hydrogen-bond donors (Lipinski definition) is 4. The van der Waals surface area contributed by atoms with Gasteiger partial charge in [-0.05, 0) is 64.1 Å². The average molecular weight is 643 g/mol. The number of carbonyl (C=O) groups is 3. The number of allylic oxidation sites excluding steroid dienone is 2. The Balaban J connectivity index is 1.54. The molecule has 3 amide bonds. The number of imidazole rings is 2. The molecule has 15 nitrogen and oxygen atoms in total. The van der Waals surface area contributed by atoms with Crippen molar-refractivity contribution in [2.24, 2.45) is 17.2 Å². The molecule has 0 aliphatic heterocycles. The van der Waals surface area contributed by atoms with Crippen LogP contribution in [0.5, 0.6) is 11.5 Å². The number of fused-ring (bicyclic) bond motifs is 2. The number of ether oxygens (including phenoxy) is 2. The Hall–Kier alpha value is -5.70. The number of nitrogens with two attached hydrogens (primary N) is 3. The number of amides is 3. The van der Waals surface area contributed by atoms with Crippen molar-refractivity contribution in [2.45, 2.75) is 46.8 Å². The number of rotatable bonds is 14. The Bertz CT molecular complexity index is 2020. The number of carbonyl (C=O) groups excluding carboxylic acids is 3. The zero-order valence-electron chi connectivity index (χ0n) is 26.7. The SMILES string of the molecule is CCn1nc(C)cc1C(=O)Nc1nc2cc(C(N)=O)cc(OCCCN)c2n1C/C=C/Cn1c(C)nc2cc(C(N)=O)cc(OC)c21. The summed E-state index contributed by atoms with van der Waals surface area (Å²) < 4.78 is 17.0. The second kappa shape index (κ2) is 13.7. The van der Waals surface area contributed by atoms with Crippen LogP contribution in [0.2, 0.25) is 0 Å². The first-order chi connectivity index (χ1) is 22.6. The lowest BCUT2D eigenvalue weighted by atomic mass is 10.1. The summed E-state index contributed by atoms with van der Waals surface area (Å²) in [6.45, 7) is 7.50. The molecule has 15 heteroatoms. The Morgan fingerprint density at radius 3 is 2.13 bits per heavy atom. The first-order valence-corrected chi connectivity index (χ1v) is 15.1. The number of nitrogens with zero attached hydrogens (tertiary/aromatic N) is 6. The average Bonchev–Trinajstić information content (AvgIpc) is 3.70. The van der Waals surface area contributed by atoms with E-state index in [1.807, 2.05) is 37.5 Å². The second-order valence-corrected chi connectivity index (χ2v) is 10.8. The van der Waals surface area contributed by atoms with Crippen LogP contribution in [0.3, 0.4) is 0 Å². The van der Waals surface area contributed by atoms with Crippen molar-refractivity contribution in [3.8, 4) is 11.5 Å². The maximum atomic E-state index is 13.5. The summed E-state index contributed by atoms with van der Waals surface area (Å²) in [5, 5.41) is 7.30. The Labute approximate surface area is 270 Å². The molecule has 0 radical (unpaired) electrons. The van der Waals surface area contributed by atoms with Gasteiger partial charge in [-0.2, -0.15) is 5.10 Å². The third-order valence-corrected chi connectivity index (χ3v) is 7.60. The fourth-order valence-electron chi connectivity index (χ4n) is 5.38. The minimum atomic E-state index is -0.640. The normalized spacial score (nSPS) is 11.5. The van der Waals surface area contributed by atoms with Crippen molar-refractivity contribution in [2.75, 3.05) is 25.6 Å². The molecule has 246 valence electrons. The van der Waals surface area contributed by atoms with Crippen LogP contribution in [0.15, 0.2) is 42.5 Å². The fraction of sp³-hybridized carbons (Fsp3) is 0.312. The van der Waals surface area contributed by atoms with Crippen LogP contribution in [0.4, 0.5) is 5.95 Å². The lowest BCUT2D eigenvalue weighted by molar-refractivity contribution is 0.0991. The summed E-state index contributed by atoms with van der Waals surface area (Å²) in [5.41, 5.74) is 20.7. The molecule has 0 fully saturated rings. The van der Waals surface area contributed by atoms with E-state index >= 15 is 0 Å². The van der Waals surface area contributed by atoms with Gasteiger partial charge >= 0.3 is 0 Å². The molecule has 0 spiro atoms. The number of hydrogen-bond acceptors (Lipinski definition) is 9. The van der Waals surface area contributed by atoms with Crippen LogP contribution in [-0.2, 0) is 19.6 Å². The van der Waals surface area contributed by atoms with Gasteiger partial charge in [0.2, 0.25) is 17.8 Å². The quantitative estimate of drug-likeness (QED) is 0.103. The van der Waals surface area contributed by atoms with Crippen LogP contribution in [-0.4, -0.2) is 66.9 Å². The van der Waals surface area contributed by atoms with E-state index < -0.39 is 17.7 Å². The van der Waals surface area contributed by atoms with E-state index in [0.29, 0.717) is 83.5 Å². The largest absolute Gasteiger partial charge is 0.494 e. The van der Waals surface area contributed by atoms with E-state index in [4.69, 9.17) is 26.7 Å². The van der Waals surface area contributed by atoms with Gasteiger partial charge in [0, 0.05) is 30.8 Å². The zero-order valence-corrected chi connectivity index (χ0v) is 26.7. The highest BCUT2D eigenvalue weighted by atomic mass is 16.5. The van der Waals surface area contributed by atoms with Crippen LogP contribution < -0.4 is 32.0 Å². The molecule has 3 aromatic heterocycles. The Morgan fingerprint density at radius 1 is 0.894 bits per heavy atom. The lowest BCUT2D eigenvalue weighted by Gasteiger charge is -2.13. The smallest absolute Gasteiger partial charge is 0.276 e. The highest BCUT2D eigenvalue weighted by Crippen LogP contribution is 2.32. The summed E-state index contributed by atoms with van der Waals surface area (Å²) in [6.07, 6.45) is 4.44. The maximum absolute atomic E-state index is 13.5. The number of primary amides is 2. The molecule has 0 saturated heterocycles. The number of methoxy groups -OCH3 is 1. The molecule has 0 aliphatic carbocycles. The summed E-state index contributed by atoms with van der Waals surface area (Å²) >= 11 is 0. The number of aryl methyl sites for hydroxylation is 3. The molecular formula is C32H38N10O5. The number of anilines is 1. The van der Waals surface area contributed by atoms with Gasteiger partial charge in [0.15, 0.2) is 0 Å². The van der Waals surface area contributed by atoms with Gasteiger partial charge in [0.05, 0.1) is 30.4 Å². The van der Waals surface area contributed by atoms with E-state index in [1.165, 1.54) is 7.11 Å². The van der Waals surface area contributed by atoms with Crippen molar-refractivity contribution in [3.63, 3.8) is 0 Å². The van der Waals surface area contributed by atoms with Crippen LogP contribution >= 0.6 is 0 Å². The van der Waals surface area contributed by atoms with E-state index in [-0.39, 0.29) is 18.1 Å². The summed E-state index contributed by atoms with van der Waals surface area (Å²) in [5.74, 6) is 0.204. The molecule has 0 bridgehead atoms. The molecule has 0 atom stereocenters. The van der Waals surface area contributed by atoms with Gasteiger partial charge in [0.25, 0.3) is 5.91 Å². The zero-order chi connectivity index (χ0) is 33.8. The fourth-order valence-corrected chi connectivity index (χ4v) is 5.38. The topological polar surface area (TPSA) is 213 Å². The van der Waals surface area contributed by atoms with Gasteiger partial charge in [-0.3, -0.25) is 24.4 Å². The van der Waals surface area contributed by atoms with Gasteiger partial charge < -0.3 is 35.8 Å². The molecule has 5 rings (SSSR count). The monoisotopic (exact) mass is 642 g/mol. The predicted octanol–water partition coefficient (Wildman–Crippen LogP) is 2.66. The molecule has 0 saturated carbocycles. The minimum absolute atomic E-state index is 0.217. The predicted molar refractivity (Wildman–Crippen MR) is 177 cm³/mol. The molecule has 0 unspecified atom stereocenters. The Morgan fingerprint density at radius 2 is 1.51 bits per heavy atom. The first kappa shape index (κ1) is 32.7. The van der Waals surface area contributed by atoms with Crippen molar-refractivity contribution in [3.05, 3.63) is 70.8 Å². The molecule has 47 heavy (non-hydrogen) atoms. The van der Waals surface area contributed by atoms with Gasteiger partial charge in [-0.1, -0.05) is 12.2 Å². The standard InChI is InChI=1S/C32H38N10O5/c1-5-42-24(13-18(2)39-42)31(45)38-32-37-23-15-21(30(35)44)17-26(47-12-8-9-33)28(23)41(32)11-7-6-10-40-19(3)36-22-14-20(29(34)43)16-25(46-4)27(22)40/h6-7,13-17H,5,8-12,33H2,1-4H3,(H2,34,43)(H2,35,44)(H,37,38,45)/b7-6+. The van der Waals surface area contributed by atoms with Crippen molar-refractivity contribution in [1.82, 2.24) is 28.9 Å². The highest BCUT2D eigenvalue weighted by molar-refractivity contribution is 6.04. The van der Waals surface area contributed by atoms with E-state index in [1.54, 1.807) is 39.6 Å². The highest BCUT2D eigenvalue weighted by Gasteiger charge is 2.22. The van der Waals surface area contributed by atoms with Crippen LogP contribution in [0.1, 0.15) is 56.1 Å². The molecule has 0 aliphatic rings. The van der Waals surface area contributed by atoms with E-state index in [9.17, 15) is 14.4 Å². The van der Waals surface area contributed by atoms with Crippen molar-refractivity contribution < 1.29 is 23.9 Å². The van der Waals surface area contributed by atoms with Gasteiger partial charge in [-0.15, -0.1) is 0 Å². The summed E-state index contributed by atoms with van der Waals surface area (Å²) in [4.78, 5) is 46.8. The lowest BCUT2D eigenvalue weighted by Crippen LogP contribution is -2.20. The second-order valence-electron chi connectivity index (χ2n) is 10.8. The molecule has 7 N–H and O–H groups in total. The van der Waals surface area contributed by atoms with Crippen molar-refractivity contribution in [1.29, 1.82) is 0 Å².